The number of halogens is 1. The monoisotopic (exact) mass is 291 g/mol. The first-order valence-electron chi connectivity index (χ1n) is 5.78. The first kappa shape index (κ1) is 15.3. The van der Waals surface area contributed by atoms with E-state index < -0.39 is 10.0 Å². The lowest BCUT2D eigenvalue weighted by molar-refractivity contribution is 0.415. The Bertz CT molecular complexity index is 488. The maximum absolute atomic E-state index is 11.6. The van der Waals surface area contributed by atoms with Crippen LogP contribution in [0.15, 0.2) is 18.2 Å². The van der Waals surface area contributed by atoms with Crippen LogP contribution in [0.4, 0.5) is 0 Å². The second-order valence-corrected chi connectivity index (χ2v) is 6.30. The maximum atomic E-state index is 11.6. The Morgan fingerprint density at radius 3 is 2.67 bits per heavy atom. The zero-order chi connectivity index (χ0) is 13.6. The van der Waals surface area contributed by atoms with Crippen LogP contribution in [0.3, 0.4) is 0 Å². The molecule has 18 heavy (non-hydrogen) atoms. The van der Waals surface area contributed by atoms with Gasteiger partial charge in [-0.15, -0.1) is 0 Å². The highest BCUT2D eigenvalue weighted by atomic mass is 35.5. The molecule has 0 spiro atoms. The number of rotatable bonds is 7. The predicted molar refractivity (Wildman–Crippen MR) is 73.5 cm³/mol. The summed E-state index contributed by atoms with van der Waals surface area (Å²) in [5.41, 5.74) is 0.806. The van der Waals surface area contributed by atoms with Gasteiger partial charge in [-0.1, -0.05) is 31.0 Å². The standard InChI is InChI=1S/C12H18ClNO3S/c1-3-4-7-18(15,16)14-9-10-5-6-12(17-2)11(13)8-10/h5-6,8,14H,3-4,7,9H2,1-2H3. The summed E-state index contributed by atoms with van der Waals surface area (Å²) in [6, 6.07) is 5.20. The molecule has 0 aromatic heterocycles. The van der Waals surface area contributed by atoms with Crippen LogP contribution in [0.5, 0.6) is 5.75 Å². The Labute approximate surface area is 113 Å². The van der Waals surface area contributed by atoms with E-state index in [4.69, 9.17) is 16.3 Å². The van der Waals surface area contributed by atoms with Crippen molar-refractivity contribution in [2.24, 2.45) is 0 Å². The lowest BCUT2D eigenvalue weighted by atomic mass is 10.2. The molecule has 0 fully saturated rings. The van der Waals surface area contributed by atoms with Gasteiger partial charge < -0.3 is 4.74 Å². The summed E-state index contributed by atoms with van der Waals surface area (Å²) < 4.78 is 30.8. The molecule has 0 aliphatic rings. The molecule has 0 saturated carbocycles. The molecule has 102 valence electrons. The molecule has 0 atom stereocenters. The first-order chi connectivity index (χ1) is 8.48. The molecule has 1 N–H and O–H groups in total. The number of methoxy groups -OCH3 is 1. The Balaban J connectivity index is 2.61. The van der Waals surface area contributed by atoms with E-state index in [0.29, 0.717) is 17.2 Å². The van der Waals surface area contributed by atoms with E-state index >= 15 is 0 Å². The van der Waals surface area contributed by atoms with Crippen LogP contribution in [0.1, 0.15) is 25.3 Å². The van der Waals surface area contributed by atoms with Gasteiger partial charge in [0.05, 0.1) is 17.9 Å². The molecule has 0 saturated heterocycles. The van der Waals surface area contributed by atoms with Crippen molar-refractivity contribution in [1.29, 1.82) is 0 Å². The van der Waals surface area contributed by atoms with E-state index in [0.717, 1.165) is 12.0 Å². The van der Waals surface area contributed by atoms with Gasteiger partial charge in [-0.3, -0.25) is 0 Å². The molecule has 0 heterocycles. The van der Waals surface area contributed by atoms with E-state index in [-0.39, 0.29) is 12.3 Å². The number of hydrogen-bond donors (Lipinski definition) is 1. The van der Waals surface area contributed by atoms with Gasteiger partial charge in [0, 0.05) is 6.54 Å². The molecular formula is C12H18ClNO3S. The Hall–Kier alpha value is -0.780. The van der Waals surface area contributed by atoms with Gasteiger partial charge in [0.15, 0.2) is 0 Å². The minimum atomic E-state index is -3.19. The zero-order valence-electron chi connectivity index (χ0n) is 10.6. The normalized spacial score (nSPS) is 11.5. The summed E-state index contributed by atoms with van der Waals surface area (Å²) in [6.07, 6.45) is 1.52. The molecule has 4 nitrogen and oxygen atoms in total. The van der Waals surface area contributed by atoms with Crippen LogP contribution < -0.4 is 9.46 Å². The van der Waals surface area contributed by atoms with Crippen molar-refractivity contribution < 1.29 is 13.2 Å². The lowest BCUT2D eigenvalue weighted by Crippen LogP contribution is -2.25. The summed E-state index contributed by atoms with van der Waals surface area (Å²) in [4.78, 5) is 0. The first-order valence-corrected chi connectivity index (χ1v) is 7.81. The smallest absolute Gasteiger partial charge is 0.211 e. The summed E-state index contributed by atoms with van der Waals surface area (Å²) in [7, 11) is -1.66. The largest absolute Gasteiger partial charge is 0.495 e. The van der Waals surface area contributed by atoms with Crippen molar-refractivity contribution in [2.75, 3.05) is 12.9 Å². The number of nitrogens with one attached hydrogen (secondary N) is 1. The van der Waals surface area contributed by atoms with Crippen molar-refractivity contribution in [3.05, 3.63) is 28.8 Å². The molecule has 0 unspecified atom stereocenters. The van der Waals surface area contributed by atoms with Crippen LogP contribution in [0.25, 0.3) is 0 Å². The number of sulfonamides is 1. The molecule has 0 amide bonds. The third-order valence-electron chi connectivity index (χ3n) is 2.48. The molecule has 0 aliphatic carbocycles. The van der Waals surface area contributed by atoms with Crippen molar-refractivity contribution in [3.63, 3.8) is 0 Å². The maximum Gasteiger partial charge on any atom is 0.211 e. The fraction of sp³-hybridized carbons (Fsp3) is 0.500. The summed E-state index contributed by atoms with van der Waals surface area (Å²) in [5.74, 6) is 0.738. The molecule has 6 heteroatoms. The SMILES string of the molecule is CCCCS(=O)(=O)NCc1ccc(OC)c(Cl)c1. The molecule has 0 radical (unpaired) electrons. The van der Waals surface area contributed by atoms with Gasteiger partial charge >= 0.3 is 0 Å². The van der Waals surface area contributed by atoms with Crippen LogP contribution in [-0.4, -0.2) is 21.3 Å². The number of benzene rings is 1. The van der Waals surface area contributed by atoms with Gasteiger partial charge in [0.1, 0.15) is 5.75 Å². The Morgan fingerprint density at radius 2 is 2.11 bits per heavy atom. The van der Waals surface area contributed by atoms with E-state index in [9.17, 15) is 8.42 Å². The second-order valence-electron chi connectivity index (χ2n) is 3.96. The molecular weight excluding hydrogens is 274 g/mol. The highest BCUT2D eigenvalue weighted by Gasteiger charge is 2.09. The fourth-order valence-corrected chi connectivity index (χ4v) is 2.90. The average molecular weight is 292 g/mol. The van der Waals surface area contributed by atoms with E-state index in [1.807, 2.05) is 6.92 Å². The van der Waals surface area contributed by atoms with Crippen LogP contribution in [0, 0.1) is 0 Å². The molecule has 0 aliphatic heterocycles. The van der Waals surface area contributed by atoms with Crippen molar-refractivity contribution in [1.82, 2.24) is 4.72 Å². The van der Waals surface area contributed by atoms with Gasteiger partial charge in [-0.25, -0.2) is 13.1 Å². The van der Waals surface area contributed by atoms with E-state index in [2.05, 4.69) is 4.72 Å². The van der Waals surface area contributed by atoms with Crippen molar-refractivity contribution in [2.45, 2.75) is 26.3 Å². The highest BCUT2D eigenvalue weighted by Crippen LogP contribution is 2.24. The van der Waals surface area contributed by atoms with Gasteiger partial charge in [0.2, 0.25) is 10.0 Å². The van der Waals surface area contributed by atoms with Crippen molar-refractivity contribution >= 4 is 21.6 Å². The highest BCUT2D eigenvalue weighted by molar-refractivity contribution is 7.89. The lowest BCUT2D eigenvalue weighted by Gasteiger charge is -2.08. The quantitative estimate of drug-likeness (QED) is 0.840. The van der Waals surface area contributed by atoms with Gasteiger partial charge in [-0.2, -0.15) is 0 Å². The average Bonchev–Trinajstić information content (AvgIpc) is 2.34. The topological polar surface area (TPSA) is 55.4 Å². The molecule has 1 aromatic carbocycles. The third-order valence-corrected chi connectivity index (χ3v) is 4.18. The zero-order valence-corrected chi connectivity index (χ0v) is 12.1. The van der Waals surface area contributed by atoms with Crippen molar-refractivity contribution in [3.8, 4) is 5.75 Å². The molecule has 0 bridgehead atoms. The van der Waals surface area contributed by atoms with E-state index in [1.165, 1.54) is 7.11 Å². The third kappa shape index (κ3) is 4.84. The summed E-state index contributed by atoms with van der Waals surface area (Å²) in [6.45, 7) is 2.20. The minimum Gasteiger partial charge on any atom is -0.495 e. The Morgan fingerprint density at radius 1 is 1.39 bits per heavy atom. The predicted octanol–water partition coefficient (Wildman–Crippen LogP) is 2.57. The van der Waals surface area contributed by atoms with Crippen LogP contribution in [-0.2, 0) is 16.6 Å². The number of unbranched alkanes of at least 4 members (excludes halogenated alkanes) is 1. The number of hydrogen-bond acceptors (Lipinski definition) is 3. The van der Waals surface area contributed by atoms with Gasteiger partial charge in [-0.05, 0) is 24.1 Å². The fourth-order valence-electron chi connectivity index (χ4n) is 1.42. The number of ether oxygens (including phenoxy) is 1. The van der Waals surface area contributed by atoms with Gasteiger partial charge in [0.25, 0.3) is 0 Å². The van der Waals surface area contributed by atoms with Crippen LogP contribution in [0.2, 0.25) is 5.02 Å². The molecule has 1 rings (SSSR count). The van der Waals surface area contributed by atoms with E-state index in [1.54, 1.807) is 18.2 Å². The molecule has 1 aromatic rings. The second kappa shape index (κ2) is 6.97. The minimum absolute atomic E-state index is 0.160. The van der Waals surface area contributed by atoms with Crippen LogP contribution >= 0.6 is 11.6 Å². The summed E-state index contributed by atoms with van der Waals surface area (Å²) in [5, 5.41) is 0.475. The Kier molecular flexibility index (Phi) is 5.91. The summed E-state index contributed by atoms with van der Waals surface area (Å²) >= 11 is 5.96.